The fraction of sp³-hybridized carbons (Fsp3) is 0.235. The molecule has 1 heterocycles. The number of cyclic esters (lactones) is 1. The number of phenolic OH excluding ortho intramolecular Hbond substituents is 1. The molecule has 1 aliphatic rings. The largest absolute Gasteiger partial charge is 0.506 e. The van der Waals surface area contributed by atoms with Gasteiger partial charge >= 0.3 is 5.97 Å². The Labute approximate surface area is 133 Å². The summed E-state index contributed by atoms with van der Waals surface area (Å²) in [6.07, 6.45) is -0.704. The van der Waals surface area contributed by atoms with Gasteiger partial charge in [0.2, 0.25) is 6.23 Å². The number of aromatic hydroxyl groups is 1. The molecule has 23 heavy (non-hydrogen) atoms. The molecule has 2 aromatic rings. The first-order valence-corrected chi connectivity index (χ1v) is 7.07. The monoisotopic (exact) mass is 315 g/mol. The number of aryl methyl sites for hydroxylation is 1. The third-order valence-electron chi connectivity index (χ3n) is 3.82. The van der Waals surface area contributed by atoms with Gasteiger partial charge in [-0.05, 0) is 30.7 Å². The topological polar surface area (TPSA) is 77.0 Å². The van der Waals surface area contributed by atoms with E-state index in [1.54, 1.807) is 24.3 Å². The van der Waals surface area contributed by atoms with Crippen LogP contribution in [0.5, 0.6) is 17.2 Å². The van der Waals surface area contributed by atoms with Crippen LogP contribution in [-0.4, -0.2) is 25.3 Å². The molecule has 2 N–H and O–H groups in total. The van der Waals surface area contributed by atoms with E-state index in [0.717, 1.165) is 5.56 Å². The number of anilines is 1. The summed E-state index contributed by atoms with van der Waals surface area (Å²) in [7, 11) is 2.98. The molecule has 0 fully saturated rings. The number of esters is 1. The van der Waals surface area contributed by atoms with Gasteiger partial charge < -0.3 is 24.6 Å². The fourth-order valence-electron chi connectivity index (χ4n) is 2.68. The second-order valence-corrected chi connectivity index (χ2v) is 5.16. The van der Waals surface area contributed by atoms with Crippen molar-refractivity contribution in [3.8, 4) is 17.2 Å². The van der Waals surface area contributed by atoms with Crippen molar-refractivity contribution in [2.45, 2.75) is 13.2 Å². The maximum Gasteiger partial charge on any atom is 0.344 e. The first-order chi connectivity index (χ1) is 11.1. The van der Waals surface area contributed by atoms with Gasteiger partial charge in [-0.25, -0.2) is 4.79 Å². The molecule has 1 unspecified atom stereocenters. The lowest BCUT2D eigenvalue weighted by Crippen LogP contribution is -2.11. The molecule has 2 aromatic carbocycles. The van der Waals surface area contributed by atoms with Crippen LogP contribution in [0.1, 0.15) is 27.7 Å². The first-order valence-electron chi connectivity index (χ1n) is 7.07. The van der Waals surface area contributed by atoms with Crippen molar-refractivity contribution in [2.24, 2.45) is 0 Å². The van der Waals surface area contributed by atoms with Crippen molar-refractivity contribution in [3.05, 3.63) is 47.0 Å². The van der Waals surface area contributed by atoms with E-state index in [1.165, 1.54) is 14.2 Å². The van der Waals surface area contributed by atoms with E-state index in [9.17, 15) is 9.90 Å². The van der Waals surface area contributed by atoms with E-state index in [0.29, 0.717) is 28.3 Å². The number of fused-ring (bicyclic) bond motifs is 1. The molecule has 0 saturated heterocycles. The standard InChI is InChI=1S/C17H17NO5/c1-9-5-4-6-11(19)14(9)18-16-10-7-8-12(21-2)15(22-3)13(10)17(20)23-16/h4-8,16,18-19H,1-3H3. The SMILES string of the molecule is COc1ccc2c(c1OC)C(=O)OC2Nc1c(C)cccc1O. The summed E-state index contributed by atoms with van der Waals surface area (Å²) in [6.45, 7) is 1.86. The van der Waals surface area contributed by atoms with Crippen LogP contribution in [0.15, 0.2) is 30.3 Å². The Morgan fingerprint density at radius 1 is 1.17 bits per heavy atom. The van der Waals surface area contributed by atoms with Gasteiger partial charge in [0.25, 0.3) is 0 Å². The van der Waals surface area contributed by atoms with Crippen LogP contribution in [0.25, 0.3) is 0 Å². The van der Waals surface area contributed by atoms with Crippen molar-refractivity contribution in [2.75, 3.05) is 19.5 Å². The summed E-state index contributed by atoms with van der Waals surface area (Å²) in [6, 6.07) is 8.63. The summed E-state index contributed by atoms with van der Waals surface area (Å²) in [4.78, 5) is 12.2. The van der Waals surface area contributed by atoms with E-state index in [1.807, 2.05) is 13.0 Å². The number of carbonyl (C=O) groups is 1. The average Bonchev–Trinajstić information content (AvgIpc) is 2.86. The number of phenols is 1. The van der Waals surface area contributed by atoms with Gasteiger partial charge in [-0.1, -0.05) is 12.1 Å². The molecular formula is C17H17NO5. The Bertz CT molecular complexity index is 752. The average molecular weight is 315 g/mol. The summed E-state index contributed by atoms with van der Waals surface area (Å²) in [5.41, 5.74) is 2.33. The molecule has 6 heteroatoms. The van der Waals surface area contributed by atoms with E-state index in [2.05, 4.69) is 5.32 Å². The zero-order chi connectivity index (χ0) is 16.6. The number of hydrogen-bond acceptors (Lipinski definition) is 6. The minimum Gasteiger partial charge on any atom is -0.506 e. The van der Waals surface area contributed by atoms with Crippen molar-refractivity contribution in [1.82, 2.24) is 0 Å². The normalized spacial score (nSPS) is 15.8. The van der Waals surface area contributed by atoms with Crippen LogP contribution in [0.2, 0.25) is 0 Å². The zero-order valence-electron chi connectivity index (χ0n) is 13.0. The zero-order valence-corrected chi connectivity index (χ0v) is 13.0. The van der Waals surface area contributed by atoms with Crippen LogP contribution in [0.4, 0.5) is 5.69 Å². The van der Waals surface area contributed by atoms with E-state index in [-0.39, 0.29) is 5.75 Å². The van der Waals surface area contributed by atoms with Crippen molar-refractivity contribution in [1.29, 1.82) is 0 Å². The summed E-state index contributed by atoms with van der Waals surface area (Å²) in [5.74, 6) is 0.396. The van der Waals surface area contributed by atoms with Crippen molar-refractivity contribution >= 4 is 11.7 Å². The number of hydrogen-bond donors (Lipinski definition) is 2. The molecular weight excluding hydrogens is 298 g/mol. The Morgan fingerprint density at radius 3 is 2.61 bits per heavy atom. The van der Waals surface area contributed by atoms with Crippen molar-refractivity contribution in [3.63, 3.8) is 0 Å². The molecule has 1 atom stereocenters. The van der Waals surface area contributed by atoms with Gasteiger partial charge in [-0.2, -0.15) is 0 Å². The van der Waals surface area contributed by atoms with E-state index >= 15 is 0 Å². The quantitative estimate of drug-likeness (QED) is 0.667. The maximum atomic E-state index is 12.2. The lowest BCUT2D eigenvalue weighted by Gasteiger charge is -2.17. The van der Waals surface area contributed by atoms with Crippen LogP contribution in [0.3, 0.4) is 0 Å². The highest BCUT2D eigenvalue weighted by molar-refractivity contribution is 5.98. The van der Waals surface area contributed by atoms with Gasteiger partial charge in [0, 0.05) is 5.56 Å². The lowest BCUT2D eigenvalue weighted by molar-refractivity contribution is 0.0434. The lowest BCUT2D eigenvalue weighted by atomic mass is 10.1. The minimum atomic E-state index is -0.704. The number of methoxy groups -OCH3 is 2. The first kappa shape index (κ1) is 15.0. The predicted molar refractivity (Wildman–Crippen MR) is 84.2 cm³/mol. The maximum absolute atomic E-state index is 12.2. The van der Waals surface area contributed by atoms with E-state index in [4.69, 9.17) is 14.2 Å². The van der Waals surface area contributed by atoms with Gasteiger partial charge in [-0.15, -0.1) is 0 Å². The molecule has 0 bridgehead atoms. The summed E-state index contributed by atoms with van der Waals surface area (Å²) < 4.78 is 15.9. The third kappa shape index (κ3) is 2.42. The molecule has 0 radical (unpaired) electrons. The van der Waals surface area contributed by atoms with Crippen LogP contribution in [-0.2, 0) is 4.74 Å². The second kappa shape index (κ2) is 5.72. The molecule has 0 aliphatic carbocycles. The molecule has 0 saturated carbocycles. The van der Waals surface area contributed by atoms with Crippen molar-refractivity contribution < 1.29 is 24.1 Å². The van der Waals surface area contributed by atoms with Crippen LogP contribution in [0, 0.1) is 6.92 Å². The number of carbonyl (C=O) groups excluding carboxylic acids is 1. The fourth-order valence-corrected chi connectivity index (χ4v) is 2.68. The highest BCUT2D eigenvalue weighted by Gasteiger charge is 2.36. The Hall–Kier alpha value is -2.89. The molecule has 1 aliphatic heterocycles. The van der Waals surface area contributed by atoms with Gasteiger partial charge in [0.1, 0.15) is 11.3 Å². The molecule has 3 rings (SSSR count). The number of rotatable bonds is 4. The predicted octanol–water partition coefficient (Wildman–Crippen LogP) is 3.00. The van der Waals surface area contributed by atoms with Gasteiger partial charge in [0.05, 0.1) is 19.9 Å². The minimum absolute atomic E-state index is 0.0926. The highest BCUT2D eigenvalue weighted by atomic mass is 16.6. The Balaban J connectivity index is 2.02. The molecule has 0 amide bonds. The third-order valence-corrected chi connectivity index (χ3v) is 3.82. The highest BCUT2D eigenvalue weighted by Crippen LogP contribution is 2.43. The number of nitrogens with one attached hydrogen (secondary N) is 1. The molecule has 0 aromatic heterocycles. The van der Waals surface area contributed by atoms with Gasteiger partial charge in [-0.3, -0.25) is 0 Å². The number of benzene rings is 2. The van der Waals surface area contributed by atoms with Gasteiger partial charge in [0.15, 0.2) is 11.5 Å². The summed E-state index contributed by atoms with van der Waals surface area (Å²) >= 11 is 0. The van der Waals surface area contributed by atoms with E-state index < -0.39 is 12.2 Å². The summed E-state index contributed by atoms with van der Waals surface area (Å²) in [5, 5.41) is 13.1. The molecule has 6 nitrogen and oxygen atoms in total. The van der Waals surface area contributed by atoms with Crippen LogP contribution < -0.4 is 14.8 Å². The van der Waals surface area contributed by atoms with Crippen LogP contribution >= 0.6 is 0 Å². The number of para-hydroxylation sites is 1. The smallest absolute Gasteiger partial charge is 0.344 e. The Kier molecular flexibility index (Phi) is 3.73. The number of ether oxygens (including phenoxy) is 3. The molecule has 0 spiro atoms. The molecule has 120 valence electrons. The Morgan fingerprint density at radius 2 is 1.96 bits per heavy atom. The second-order valence-electron chi connectivity index (χ2n) is 5.16.